The van der Waals surface area contributed by atoms with Crippen LogP contribution in [0.15, 0.2) is 18.2 Å². The number of rotatable bonds is 6. The summed E-state index contributed by atoms with van der Waals surface area (Å²) < 4.78 is 25.8. The summed E-state index contributed by atoms with van der Waals surface area (Å²) >= 11 is 0. The van der Waals surface area contributed by atoms with Crippen molar-refractivity contribution in [1.29, 1.82) is 0 Å². The second-order valence-corrected chi connectivity index (χ2v) is 4.02. The van der Waals surface area contributed by atoms with Crippen LogP contribution in [0.1, 0.15) is 24.2 Å². The highest BCUT2D eigenvalue weighted by molar-refractivity contribution is 5.99. The molecule has 100 valence electrons. The van der Waals surface area contributed by atoms with Crippen molar-refractivity contribution in [2.24, 2.45) is 0 Å². The number of Topliss-reactive ketones (excluding diaryl/α,β-unsaturated/α-hetero) is 1. The predicted molar refractivity (Wildman–Crippen MR) is 64.5 cm³/mol. The molecule has 0 aliphatic rings. The number of aliphatic hydroxyl groups is 1. The number of hydrogen-bond acceptors (Lipinski definition) is 3. The van der Waals surface area contributed by atoms with Gasteiger partial charge in [0.2, 0.25) is 0 Å². The normalized spacial score (nSPS) is 12.8. The van der Waals surface area contributed by atoms with E-state index in [1.54, 1.807) is 11.8 Å². The smallest absolute Gasteiger partial charge is 0.179 e. The minimum Gasteiger partial charge on any atom is -0.395 e. The first-order valence-corrected chi connectivity index (χ1v) is 5.85. The van der Waals surface area contributed by atoms with Crippen molar-refractivity contribution in [2.45, 2.75) is 19.9 Å². The molecule has 1 unspecified atom stereocenters. The lowest BCUT2D eigenvalue weighted by Gasteiger charge is -2.25. The zero-order valence-electron chi connectivity index (χ0n) is 10.5. The Hall–Kier alpha value is -1.33. The van der Waals surface area contributed by atoms with Crippen LogP contribution in [-0.2, 0) is 0 Å². The number of ketones is 1. The van der Waals surface area contributed by atoms with Crippen LogP contribution in [0.4, 0.5) is 8.78 Å². The van der Waals surface area contributed by atoms with E-state index in [2.05, 4.69) is 0 Å². The van der Waals surface area contributed by atoms with Crippen LogP contribution in [-0.4, -0.2) is 41.5 Å². The van der Waals surface area contributed by atoms with E-state index >= 15 is 0 Å². The topological polar surface area (TPSA) is 40.5 Å². The Bertz CT molecular complexity index is 423. The molecule has 1 aromatic carbocycles. The summed E-state index contributed by atoms with van der Waals surface area (Å²) in [6.45, 7) is 4.46. The molecular formula is C13H17F2NO2. The van der Waals surface area contributed by atoms with Crippen molar-refractivity contribution in [3.8, 4) is 0 Å². The van der Waals surface area contributed by atoms with E-state index < -0.39 is 17.7 Å². The maximum atomic E-state index is 13.1. The molecule has 0 radical (unpaired) electrons. The number of likely N-dealkylation sites (N-methyl/N-ethyl adjacent to an activating group) is 1. The monoisotopic (exact) mass is 257 g/mol. The average Bonchev–Trinajstić information content (AvgIpc) is 2.37. The van der Waals surface area contributed by atoms with Crippen LogP contribution in [0.5, 0.6) is 0 Å². The van der Waals surface area contributed by atoms with Crippen molar-refractivity contribution in [3.63, 3.8) is 0 Å². The van der Waals surface area contributed by atoms with Crippen LogP contribution in [0.2, 0.25) is 0 Å². The number of halogens is 2. The molecule has 1 atom stereocenters. The second-order valence-electron chi connectivity index (χ2n) is 4.02. The minimum atomic E-state index is -1.03. The molecule has 3 nitrogen and oxygen atoms in total. The zero-order chi connectivity index (χ0) is 13.7. The highest BCUT2D eigenvalue weighted by atomic mass is 19.2. The maximum absolute atomic E-state index is 13.1. The summed E-state index contributed by atoms with van der Waals surface area (Å²) in [5.41, 5.74) is 0.137. The molecule has 0 saturated carbocycles. The number of aliphatic hydroxyl groups excluding tert-OH is 1. The summed E-state index contributed by atoms with van der Waals surface area (Å²) in [6.07, 6.45) is 0. The minimum absolute atomic E-state index is 0.0523. The van der Waals surface area contributed by atoms with Gasteiger partial charge in [0.25, 0.3) is 0 Å². The van der Waals surface area contributed by atoms with Crippen molar-refractivity contribution in [3.05, 3.63) is 35.4 Å². The molecule has 0 heterocycles. The van der Waals surface area contributed by atoms with E-state index in [9.17, 15) is 13.6 Å². The maximum Gasteiger partial charge on any atom is 0.179 e. The van der Waals surface area contributed by atoms with Crippen LogP contribution < -0.4 is 0 Å². The highest BCUT2D eigenvalue weighted by Crippen LogP contribution is 2.13. The van der Waals surface area contributed by atoms with Gasteiger partial charge in [-0.1, -0.05) is 6.92 Å². The Labute approximate surface area is 105 Å². The van der Waals surface area contributed by atoms with Gasteiger partial charge in [0, 0.05) is 12.1 Å². The second kappa shape index (κ2) is 6.56. The quantitative estimate of drug-likeness (QED) is 0.791. The predicted octanol–water partition coefficient (Wildman–Crippen LogP) is 1.85. The van der Waals surface area contributed by atoms with Gasteiger partial charge in [-0.15, -0.1) is 0 Å². The molecule has 1 rings (SSSR count). The number of hydrogen-bond donors (Lipinski definition) is 1. The summed E-state index contributed by atoms with van der Waals surface area (Å²) in [6, 6.07) is 2.63. The molecular weight excluding hydrogens is 240 g/mol. The van der Waals surface area contributed by atoms with Crippen molar-refractivity contribution < 1.29 is 18.7 Å². The molecule has 0 amide bonds. The Morgan fingerprint density at radius 1 is 1.39 bits per heavy atom. The number of nitrogens with zero attached hydrogens (tertiary/aromatic N) is 1. The standard InChI is InChI=1S/C13H17F2NO2/c1-3-16(6-7-17)9(2)13(18)10-4-5-11(14)12(15)8-10/h4-5,8-9,17H,3,6-7H2,1-2H3. The number of carbonyl (C=O) groups is 1. The first-order chi connectivity index (χ1) is 8.51. The van der Waals surface area contributed by atoms with Gasteiger partial charge in [-0.2, -0.15) is 0 Å². The molecule has 0 aliphatic carbocycles. The van der Waals surface area contributed by atoms with Crippen molar-refractivity contribution >= 4 is 5.78 Å². The molecule has 18 heavy (non-hydrogen) atoms. The van der Waals surface area contributed by atoms with Gasteiger partial charge >= 0.3 is 0 Å². The fourth-order valence-corrected chi connectivity index (χ4v) is 1.81. The van der Waals surface area contributed by atoms with E-state index in [1.165, 1.54) is 6.07 Å². The Morgan fingerprint density at radius 2 is 2.06 bits per heavy atom. The molecule has 1 aromatic rings. The van der Waals surface area contributed by atoms with E-state index in [-0.39, 0.29) is 18.0 Å². The third kappa shape index (κ3) is 3.34. The van der Waals surface area contributed by atoms with E-state index in [0.29, 0.717) is 13.1 Å². The lowest BCUT2D eigenvalue weighted by atomic mass is 10.0. The van der Waals surface area contributed by atoms with E-state index in [0.717, 1.165) is 12.1 Å². The summed E-state index contributed by atoms with van der Waals surface area (Å²) in [4.78, 5) is 13.8. The van der Waals surface area contributed by atoms with Gasteiger partial charge in [0.15, 0.2) is 17.4 Å². The Kier molecular flexibility index (Phi) is 5.37. The molecule has 0 spiro atoms. The number of benzene rings is 1. The van der Waals surface area contributed by atoms with Crippen LogP contribution >= 0.6 is 0 Å². The number of carbonyl (C=O) groups excluding carboxylic acids is 1. The zero-order valence-corrected chi connectivity index (χ0v) is 10.5. The van der Waals surface area contributed by atoms with Gasteiger partial charge < -0.3 is 5.11 Å². The first kappa shape index (κ1) is 14.7. The van der Waals surface area contributed by atoms with Gasteiger partial charge in [-0.3, -0.25) is 9.69 Å². The van der Waals surface area contributed by atoms with E-state index in [4.69, 9.17) is 5.11 Å². The van der Waals surface area contributed by atoms with Crippen molar-refractivity contribution in [2.75, 3.05) is 19.7 Å². The molecule has 0 saturated heterocycles. The SMILES string of the molecule is CCN(CCO)C(C)C(=O)c1ccc(F)c(F)c1. The highest BCUT2D eigenvalue weighted by Gasteiger charge is 2.21. The van der Waals surface area contributed by atoms with E-state index in [1.807, 2.05) is 6.92 Å². The molecule has 0 aliphatic heterocycles. The van der Waals surface area contributed by atoms with Crippen LogP contribution in [0, 0.1) is 11.6 Å². The van der Waals surface area contributed by atoms with Gasteiger partial charge in [0.05, 0.1) is 12.6 Å². The third-order valence-electron chi connectivity index (χ3n) is 2.92. The molecule has 5 heteroatoms. The van der Waals surface area contributed by atoms with Crippen molar-refractivity contribution in [1.82, 2.24) is 4.90 Å². The Morgan fingerprint density at radius 3 is 2.56 bits per heavy atom. The molecule has 0 fully saturated rings. The average molecular weight is 257 g/mol. The first-order valence-electron chi connectivity index (χ1n) is 5.85. The lowest BCUT2D eigenvalue weighted by molar-refractivity contribution is 0.0817. The van der Waals surface area contributed by atoms with Crippen LogP contribution in [0.25, 0.3) is 0 Å². The summed E-state index contributed by atoms with van der Waals surface area (Å²) in [5.74, 6) is -2.29. The molecule has 0 aromatic heterocycles. The van der Waals surface area contributed by atoms with Crippen LogP contribution in [0.3, 0.4) is 0 Å². The third-order valence-corrected chi connectivity index (χ3v) is 2.92. The fraction of sp³-hybridized carbons (Fsp3) is 0.462. The molecule has 0 bridgehead atoms. The fourth-order valence-electron chi connectivity index (χ4n) is 1.81. The Balaban J connectivity index is 2.88. The van der Waals surface area contributed by atoms with Gasteiger partial charge in [0.1, 0.15) is 0 Å². The summed E-state index contributed by atoms with van der Waals surface area (Å²) in [7, 11) is 0. The lowest BCUT2D eigenvalue weighted by Crippen LogP contribution is -2.40. The van der Waals surface area contributed by atoms with Gasteiger partial charge in [-0.05, 0) is 31.7 Å². The van der Waals surface area contributed by atoms with Gasteiger partial charge in [-0.25, -0.2) is 8.78 Å². The summed E-state index contributed by atoms with van der Waals surface area (Å²) in [5, 5.41) is 8.89. The largest absolute Gasteiger partial charge is 0.395 e. The molecule has 1 N–H and O–H groups in total.